The summed E-state index contributed by atoms with van der Waals surface area (Å²) >= 11 is 0. The summed E-state index contributed by atoms with van der Waals surface area (Å²) in [6, 6.07) is 0. The molecule has 0 spiro atoms. The minimum Gasteiger partial charge on any atom is -0.375 e. The Kier molecular flexibility index (Phi) is 11.7. The molecule has 0 saturated heterocycles. The number of hydrogen-bond donors (Lipinski definition) is 1. The van der Waals surface area contributed by atoms with Gasteiger partial charge in [-0.15, -0.1) is 0 Å². The molecule has 0 bridgehead atoms. The summed E-state index contributed by atoms with van der Waals surface area (Å²) < 4.78 is 25.9. The van der Waals surface area contributed by atoms with Crippen LogP contribution in [-0.4, -0.2) is 37.2 Å². The Morgan fingerprint density at radius 2 is 1.62 bits per heavy atom. The van der Waals surface area contributed by atoms with Gasteiger partial charge in [0.2, 0.25) is 0 Å². The van der Waals surface area contributed by atoms with Crippen LogP contribution in [0.25, 0.3) is 0 Å². The zero-order valence-electron chi connectivity index (χ0n) is 14.0. The van der Waals surface area contributed by atoms with Gasteiger partial charge in [-0.3, -0.25) is 4.55 Å². The molecule has 5 heteroatoms. The number of unbranched alkanes of at least 4 members (excludes halogenated alkanes) is 6. The zero-order valence-corrected chi connectivity index (χ0v) is 14.8. The van der Waals surface area contributed by atoms with Crippen molar-refractivity contribution in [3.8, 4) is 0 Å². The molecule has 0 aliphatic carbocycles. The first-order chi connectivity index (χ1) is 9.88. The molecule has 1 aliphatic rings. The largest absolute Gasteiger partial charge is 0.375 e. The van der Waals surface area contributed by atoms with Crippen LogP contribution < -0.4 is 0 Å². The quantitative estimate of drug-likeness (QED) is 0.510. The fourth-order valence-corrected chi connectivity index (χ4v) is 2.54. The third kappa shape index (κ3) is 14.2. The number of allylic oxidation sites excluding steroid dienone is 1. The van der Waals surface area contributed by atoms with Crippen LogP contribution >= 0.6 is 0 Å². The summed E-state index contributed by atoms with van der Waals surface area (Å²) in [4.78, 5) is 2.59. The highest BCUT2D eigenvalue weighted by Crippen LogP contribution is 2.18. The lowest BCUT2D eigenvalue weighted by Gasteiger charge is -2.21. The van der Waals surface area contributed by atoms with E-state index in [2.05, 4.69) is 24.8 Å². The third-order valence-electron chi connectivity index (χ3n) is 3.58. The molecule has 0 fully saturated rings. The van der Waals surface area contributed by atoms with Gasteiger partial charge in [0.25, 0.3) is 10.1 Å². The van der Waals surface area contributed by atoms with E-state index in [-0.39, 0.29) is 0 Å². The van der Waals surface area contributed by atoms with Crippen LogP contribution in [0.2, 0.25) is 0 Å². The van der Waals surface area contributed by atoms with Crippen molar-refractivity contribution in [1.29, 1.82) is 0 Å². The van der Waals surface area contributed by atoms with Crippen molar-refractivity contribution < 1.29 is 13.0 Å². The Morgan fingerprint density at radius 3 is 2.14 bits per heavy atom. The van der Waals surface area contributed by atoms with Crippen LogP contribution in [0.5, 0.6) is 0 Å². The van der Waals surface area contributed by atoms with E-state index < -0.39 is 10.1 Å². The first-order valence-corrected chi connectivity index (χ1v) is 10.1. The van der Waals surface area contributed by atoms with Crippen molar-refractivity contribution in [2.24, 2.45) is 0 Å². The van der Waals surface area contributed by atoms with Gasteiger partial charge in [0.05, 0.1) is 6.26 Å². The second-order valence-corrected chi connectivity index (χ2v) is 7.15. The molecule has 0 saturated carbocycles. The molecule has 1 rings (SSSR count). The fourth-order valence-electron chi connectivity index (χ4n) is 2.54. The highest BCUT2D eigenvalue weighted by Gasteiger charge is 2.11. The van der Waals surface area contributed by atoms with Crippen LogP contribution in [-0.2, 0) is 10.1 Å². The van der Waals surface area contributed by atoms with E-state index in [1.54, 1.807) is 5.70 Å². The molecule has 1 N–H and O–H groups in total. The van der Waals surface area contributed by atoms with E-state index in [4.69, 9.17) is 4.55 Å². The minimum atomic E-state index is -3.67. The molecule has 126 valence electrons. The van der Waals surface area contributed by atoms with E-state index in [1.807, 2.05) is 0 Å². The second kappa shape index (κ2) is 12.0. The lowest BCUT2D eigenvalue weighted by atomic mass is 10.1. The van der Waals surface area contributed by atoms with Crippen LogP contribution in [0, 0.1) is 0 Å². The summed E-state index contributed by atoms with van der Waals surface area (Å²) in [5, 5.41) is 0. The van der Waals surface area contributed by atoms with Crippen molar-refractivity contribution in [2.75, 3.05) is 19.3 Å². The molecule has 1 aliphatic heterocycles. The van der Waals surface area contributed by atoms with Crippen LogP contribution in [0.4, 0.5) is 0 Å². The van der Waals surface area contributed by atoms with Gasteiger partial charge in [-0.2, -0.15) is 8.42 Å². The Hall–Kier alpha value is -0.550. The molecule has 21 heavy (non-hydrogen) atoms. The van der Waals surface area contributed by atoms with Gasteiger partial charge in [-0.05, 0) is 19.3 Å². The van der Waals surface area contributed by atoms with Crippen LogP contribution in [0.3, 0.4) is 0 Å². The van der Waals surface area contributed by atoms with Gasteiger partial charge in [0.15, 0.2) is 0 Å². The predicted molar refractivity (Wildman–Crippen MR) is 90.0 cm³/mol. The van der Waals surface area contributed by atoms with Gasteiger partial charge in [-0.25, -0.2) is 0 Å². The summed E-state index contributed by atoms with van der Waals surface area (Å²) in [5.74, 6) is 0. The average molecular weight is 320 g/mol. The molecule has 1 heterocycles. The highest BCUT2D eigenvalue weighted by atomic mass is 32.2. The Balaban J connectivity index is 0.000000690. The molecule has 0 aromatic rings. The van der Waals surface area contributed by atoms with Crippen LogP contribution in [0.1, 0.15) is 71.6 Å². The molecule has 0 amide bonds. The normalized spacial score (nSPS) is 14.7. The molecule has 0 radical (unpaired) electrons. The standard InChI is InChI=1S/C15H29N.CH4O3S/c1-3-5-6-7-8-9-10-13-16-14-11-12-15(16)4-2;1-5(2,3)4/h12H,3-11,13-14H2,1-2H3;1H3,(H,2,3,4). The number of nitrogens with zero attached hydrogens (tertiary/aromatic N) is 1. The second-order valence-electron chi connectivity index (χ2n) is 5.68. The summed E-state index contributed by atoms with van der Waals surface area (Å²) in [7, 11) is -3.67. The fraction of sp³-hybridized carbons (Fsp3) is 0.875. The van der Waals surface area contributed by atoms with E-state index in [0.717, 1.165) is 0 Å². The Morgan fingerprint density at radius 1 is 1.10 bits per heavy atom. The average Bonchev–Trinajstić information content (AvgIpc) is 2.83. The lowest BCUT2D eigenvalue weighted by Crippen LogP contribution is -2.20. The van der Waals surface area contributed by atoms with E-state index >= 15 is 0 Å². The SMILES string of the molecule is CCCCCCCCCN1CCC=C1CC.CS(=O)(=O)O. The molecular formula is C16H33NO3S. The summed E-state index contributed by atoms with van der Waals surface area (Å²) in [5.41, 5.74) is 1.59. The molecule has 4 nitrogen and oxygen atoms in total. The monoisotopic (exact) mass is 319 g/mol. The van der Waals surface area contributed by atoms with Gasteiger partial charge >= 0.3 is 0 Å². The van der Waals surface area contributed by atoms with Crippen LogP contribution in [0.15, 0.2) is 11.8 Å². The van der Waals surface area contributed by atoms with Crippen molar-refractivity contribution >= 4 is 10.1 Å². The minimum absolute atomic E-state index is 0.715. The van der Waals surface area contributed by atoms with Gasteiger partial charge in [0.1, 0.15) is 0 Å². The molecular weight excluding hydrogens is 286 g/mol. The number of hydrogen-bond acceptors (Lipinski definition) is 3. The maximum Gasteiger partial charge on any atom is 0.261 e. The Bertz CT molecular complexity index is 369. The first kappa shape index (κ1) is 20.5. The summed E-state index contributed by atoms with van der Waals surface area (Å²) in [6.07, 6.45) is 15.6. The number of rotatable bonds is 9. The maximum atomic E-state index is 9.19. The molecule has 0 aromatic heterocycles. The highest BCUT2D eigenvalue weighted by molar-refractivity contribution is 7.85. The molecule has 0 atom stereocenters. The smallest absolute Gasteiger partial charge is 0.261 e. The van der Waals surface area contributed by atoms with E-state index in [1.165, 1.54) is 70.9 Å². The zero-order chi connectivity index (χ0) is 16.1. The lowest BCUT2D eigenvalue weighted by molar-refractivity contribution is 0.353. The van der Waals surface area contributed by atoms with Crippen molar-refractivity contribution in [1.82, 2.24) is 4.90 Å². The molecule has 0 aromatic carbocycles. The van der Waals surface area contributed by atoms with Crippen molar-refractivity contribution in [2.45, 2.75) is 71.6 Å². The first-order valence-electron chi connectivity index (χ1n) is 8.24. The topological polar surface area (TPSA) is 57.6 Å². The Labute approximate surface area is 131 Å². The van der Waals surface area contributed by atoms with Gasteiger partial charge < -0.3 is 4.90 Å². The predicted octanol–water partition coefficient (Wildman–Crippen LogP) is 4.24. The van der Waals surface area contributed by atoms with E-state index in [0.29, 0.717) is 6.26 Å². The van der Waals surface area contributed by atoms with Crippen molar-refractivity contribution in [3.63, 3.8) is 0 Å². The molecule has 0 unspecified atom stereocenters. The van der Waals surface area contributed by atoms with Gasteiger partial charge in [0, 0.05) is 18.8 Å². The maximum absolute atomic E-state index is 9.19. The third-order valence-corrected chi connectivity index (χ3v) is 3.58. The summed E-state index contributed by atoms with van der Waals surface area (Å²) in [6.45, 7) is 7.13. The van der Waals surface area contributed by atoms with E-state index in [9.17, 15) is 8.42 Å². The van der Waals surface area contributed by atoms with Crippen molar-refractivity contribution in [3.05, 3.63) is 11.8 Å². The van der Waals surface area contributed by atoms with Gasteiger partial charge in [-0.1, -0.05) is 58.4 Å².